The summed E-state index contributed by atoms with van der Waals surface area (Å²) in [5.74, 6) is -1.82. The number of hydrogen-bond acceptors (Lipinski definition) is 4. The number of carbonyl (C=O) groups excluding carboxylic acids is 2. The second-order valence-corrected chi connectivity index (χ2v) is 8.06. The lowest BCUT2D eigenvalue weighted by Crippen LogP contribution is -2.37. The maximum Gasteiger partial charge on any atom is 0.337 e. The number of imide groups is 1. The number of amidine groups is 1. The maximum atomic E-state index is 13.6. The zero-order valence-electron chi connectivity index (χ0n) is 17.8. The molecule has 3 amide bonds. The van der Waals surface area contributed by atoms with Gasteiger partial charge in [-0.3, -0.25) is 9.69 Å². The van der Waals surface area contributed by atoms with Crippen LogP contribution in [0.3, 0.4) is 0 Å². The topological polar surface area (TPSA) is 56.2 Å². The summed E-state index contributed by atoms with van der Waals surface area (Å²) in [4.78, 5) is 34.1. The van der Waals surface area contributed by atoms with Crippen molar-refractivity contribution in [3.8, 4) is 0 Å². The van der Waals surface area contributed by atoms with Gasteiger partial charge >= 0.3 is 6.03 Å². The van der Waals surface area contributed by atoms with Gasteiger partial charge in [-0.25, -0.2) is 23.5 Å². The fourth-order valence-electron chi connectivity index (χ4n) is 3.54. The van der Waals surface area contributed by atoms with Gasteiger partial charge in [0, 0.05) is 18.4 Å². The van der Waals surface area contributed by atoms with Gasteiger partial charge in [0.25, 0.3) is 5.91 Å². The fourth-order valence-corrected chi connectivity index (χ4v) is 3.96. The van der Waals surface area contributed by atoms with Crippen molar-refractivity contribution in [1.82, 2.24) is 4.90 Å². The Hall–Kier alpha value is -3.49. The molecule has 0 radical (unpaired) electrons. The summed E-state index contributed by atoms with van der Waals surface area (Å²) in [6, 6.07) is 17.0. The number of rotatable bonds is 6. The number of anilines is 3. The molecule has 34 heavy (non-hydrogen) atoms. The molecule has 0 bridgehead atoms. The summed E-state index contributed by atoms with van der Waals surface area (Å²) in [6.07, 6.45) is -0.916. The highest BCUT2D eigenvalue weighted by Crippen LogP contribution is 2.33. The first-order valence-corrected chi connectivity index (χ1v) is 11.0. The Morgan fingerprint density at radius 2 is 1.44 bits per heavy atom. The van der Waals surface area contributed by atoms with Crippen LogP contribution >= 0.6 is 23.2 Å². The van der Waals surface area contributed by atoms with E-state index in [4.69, 9.17) is 23.2 Å². The third-order valence-electron chi connectivity index (χ3n) is 5.20. The third kappa shape index (κ3) is 4.47. The van der Waals surface area contributed by atoms with Crippen molar-refractivity contribution in [3.63, 3.8) is 0 Å². The molecule has 0 aromatic heterocycles. The van der Waals surface area contributed by atoms with Gasteiger partial charge in [-0.15, -0.1) is 11.6 Å². The monoisotopic (exact) mass is 502 g/mol. The average molecular weight is 503 g/mol. The molecule has 0 aliphatic carbocycles. The van der Waals surface area contributed by atoms with Gasteiger partial charge < -0.3 is 4.90 Å². The average Bonchev–Trinajstić information content (AvgIpc) is 3.04. The molecule has 3 aromatic rings. The summed E-state index contributed by atoms with van der Waals surface area (Å²) in [7, 11) is 1.34. The van der Waals surface area contributed by atoms with Crippen molar-refractivity contribution in [2.75, 3.05) is 22.7 Å². The summed E-state index contributed by atoms with van der Waals surface area (Å²) < 4.78 is 27.2. The first-order valence-electron chi connectivity index (χ1n) is 10.1. The standard InChI is InChI=1S/C24H18Cl2F2N4O2/c1-30-23(33)22(32(24(30)34)20-5-3-2-4-19(20)26)29-21(14-25)31(17-10-6-15(27)7-11-17)18-12-8-16(28)9-13-18/h2-13,21H,14H2,1H3/b29-22+. The predicted octanol–water partition coefficient (Wildman–Crippen LogP) is 5.82. The molecule has 1 atom stereocenters. The van der Waals surface area contributed by atoms with Crippen molar-refractivity contribution in [2.24, 2.45) is 4.99 Å². The van der Waals surface area contributed by atoms with Gasteiger partial charge in [0.05, 0.1) is 16.6 Å². The van der Waals surface area contributed by atoms with Gasteiger partial charge in [0.1, 0.15) is 17.8 Å². The van der Waals surface area contributed by atoms with Crippen LogP contribution in [-0.4, -0.2) is 41.8 Å². The molecular weight excluding hydrogens is 485 g/mol. The highest BCUT2D eigenvalue weighted by molar-refractivity contribution is 6.55. The lowest BCUT2D eigenvalue weighted by molar-refractivity contribution is -0.119. The van der Waals surface area contributed by atoms with E-state index in [1.54, 1.807) is 29.2 Å². The molecule has 0 spiro atoms. The number of hydrogen-bond donors (Lipinski definition) is 0. The van der Waals surface area contributed by atoms with Crippen molar-refractivity contribution in [2.45, 2.75) is 6.17 Å². The largest absolute Gasteiger partial charge is 0.337 e. The number of carbonyl (C=O) groups is 2. The molecule has 6 nitrogen and oxygen atoms in total. The second kappa shape index (κ2) is 9.79. The van der Waals surface area contributed by atoms with E-state index in [0.29, 0.717) is 11.4 Å². The molecule has 0 saturated carbocycles. The fraction of sp³-hybridized carbons (Fsp3) is 0.125. The Labute approximate surface area is 204 Å². The van der Waals surface area contributed by atoms with Gasteiger partial charge in [-0.2, -0.15) is 0 Å². The Morgan fingerprint density at radius 3 is 1.94 bits per heavy atom. The Kier molecular flexibility index (Phi) is 6.81. The summed E-state index contributed by atoms with van der Waals surface area (Å²) in [5, 5.41) is 0.253. The SMILES string of the molecule is CN1C(=O)/C(=N\C(CCl)N(c2ccc(F)cc2)c2ccc(F)cc2)N(c2ccccc2Cl)C1=O. The van der Waals surface area contributed by atoms with Crippen LogP contribution in [0.4, 0.5) is 30.6 Å². The van der Waals surface area contributed by atoms with E-state index in [2.05, 4.69) is 4.99 Å². The molecule has 1 fully saturated rings. The highest BCUT2D eigenvalue weighted by Gasteiger charge is 2.43. The summed E-state index contributed by atoms with van der Waals surface area (Å²) in [6.45, 7) is 0. The molecule has 1 heterocycles. The van der Waals surface area contributed by atoms with Crippen molar-refractivity contribution in [3.05, 3.63) is 89.5 Å². The Bertz CT molecular complexity index is 1210. The molecule has 4 rings (SSSR count). The molecule has 0 N–H and O–H groups in total. The summed E-state index contributed by atoms with van der Waals surface area (Å²) in [5.41, 5.74) is 1.28. The molecule has 10 heteroatoms. The van der Waals surface area contributed by atoms with Crippen LogP contribution in [-0.2, 0) is 4.79 Å². The van der Waals surface area contributed by atoms with Crippen LogP contribution in [0.1, 0.15) is 0 Å². The Morgan fingerprint density at radius 1 is 0.912 bits per heavy atom. The molecule has 1 aliphatic rings. The van der Waals surface area contributed by atoms with Crippen LogP contribution in [0.5, 0.6) is 0 Å². The molecule has 1 unspecified atom stereocenters. The van der Waals surface area contributed by atoms with Gasteiger partial charge in [0.15, 0.2) is 0 Å². The van der Waals surface area contributed by atoms with Gasteiger partial charge in [-0.05, 0) is 60.7 Å². The van der Waals surface area contributed by atoms with E-state index in [1.165, 1.54) is 55.6 Å². The Balaban J connectivity index is 1.85. The van der Waals surface area contributed by atoms with Crippen LogP contribution in [0, 0.1) is 11.6 Å². The minimum absolute atomic E-state index is 0.111. The first kappa shape index (κ1) is 23.7. The lowest BCUT2D eigenvalue weighted by Gasteiger charge is -2.31. The van der Waals surface area contributed by atoms with E-state index >= 15 is 0 Å². The smallest absolute Gasteiger partial charge is 0.318 e. The van der Waals surface area contributed by atoms with Crippen LogP contribution < -0.4 is 9.80 Å². The van der Waals surface area contributed by atoms with Crippen LogP contribution in [0.2, 0.25) is 5.02 Å². The number of aliphatic imine (C=N–C) groups is 1. The van der Waals surface area contributed by atoms with E-state index in [9.17, 15) is 18.4 Å². The molecule has 174 valence electrons. The zero-order chi connectivity index (χ0) is 24.4. The van der Waals surface area contributed by atoms with Crippen molar-refractivity contribution < 1.29 is 18.4 Å². The van der Waals surface area contributed by atoms with Gasteiger partial charge in [0.2, 0.25) is 5.84 Å². The minimum Gasteiger partial charge on any atom is -0.318 e. The maximum absolute atomic E-state index is 13.6. The van der Waals surface area contributed by atoms with E-state index in [1.807, 2.05) is 0 Å². The minimum atomic E-state index is -0.916. The number of halogens is 4. The molecule has 1 aliphatic heterocycles. The van der Waals surface area contributed by atoms with Crippen LogP contribution in [0.25, 0.3) is 0 Å². The molecule has 3 aromatic carbocycles. The number of urea groups is 1. The number of para-hydroxylation sites is 1. The van der Waals surface area contributed by atoms with Crippen molar-refractivity contribution >= 4 is 58.0 Å². The van der Waals surface area contributed by atoms with Crippen molar-refractivity contribution in [1.29, 1.82) is 0 Å². The number of alkyl halides is 1. The van der Waals surface area contributed by atoms with Crippen LogP contribution in [0.15, 0.2) is 77.8 Å². The second-order valence-electron chi connectivity index (χ2n) is 7.34. The number of amides is 3. The number of benzene rings is 3. The highest BCUT2D eigenvalue weighted by atomic mass is 35.5. The quantitative estimate of drug-likeness (QED) is 0.315. The van der Waals surface area contributed by atoms with E-state index in [0.717, 1.165) is 9.80 Å². The molecule has 1 saturated heterocycles. The summed E-state index contributed by atoms with van der Waals surface area (Å²) >= 11 is 12.6. The van der Waals surface area contributed by atoms with Gasteiger partial charge in [-0.1, -0.05) is 23.7 Å². The molecular formula is C24H18Cl2F2N4O2. The number of nitrogens with zero attached hydrogens (tertiary/aromatic N) is 4. The first-order chi connectivity index (χ1) is 16.3. The lowest BCUT2D eigenvalue weighted by atomic mass is 10.2. The number of likely N-dealkylation sites (N-methyl/N-ethyl adjacent to an activating group) is 1. The van der Waals surface area contributed by atoms with E-state index in [-0.39, 0.29) is 22.4 Å². The normalized spacial score (nSPS) is 15.9. The zero-order valence-corrected chi connectivity index (χ0v) is 19.3. The third-order valence-corrected chi connectivity index (χ3v) is 5.79. The predicted molar refractivity (Wildman–Crippen MR) is 129 cm³/mol. The van der Waals surface area contributed by atoms with E-state index < -0.39 is 29.7 Å².